The third-order valence-electron chi connectivity index (χ3n) is 7.66. The van der Waals surface area contributed by atoms with Gasteiger partial charge in [-0.05, 0) is 42.5 Å². The zero-order valence-corrected chi connectivity index (χ0v) is 23.0. The summed E-state index contributed by atoms with van der Waals surface area (Å²) in [5.74, 6) is 1.37. The highest BCUT2D eigenvalue weighted by atomic mass is 16.5. The highest BCUT2D eigenvalue weighted by Crippen LogP contribution is 2.24. The fourth-order valence-corrected chi connectivity index (χ4v) is 5.37. The van der Waals surface area contributed by atoms with E-state index in [2.05, 4.69) is 48.8 Å². The molecule has 12 nitrogen and oxygen atoms in total. The molecule has 2 saturated heterocycles. The molecule has 0 amide bonds. The number of ether oxygens (including phenoxy) is 1. The van der Waals surface area contributed by atoms with Crippen molar-refractivity contribution in [2.75, 3.05) is 49.6 Å². The Balaban J connectivity index is 1.16. The molecule has 2 aliphatic rings. The van der Waals surface area contributed by atoms with Crippen molar-refractivity contribution < 1.29 is 4.74 Å². The molecule has 0 radical (unpaired) electrons. The minimum Gasteiger partial charge on any atom is -0.378 e. The minimum atomic E-state index is -0.228. The van der Waals surface area contributed by atoms with E-state index in [0.717, 1.165) is 45.1 Å². The number of nitrogens with one attached hydrogen (secondary N) is 1. The number of piperazine rings is 1. The molecule has 12 heteroatoms. The number of aromatic nitrogens is 7. The van der Waals surface area contributed by atoms with Crippen LogP contribution in [0.25, 0.3) is 28.4 Å². The van der Waals surface area contributed by atoms with Gasteiger partial charge in [-0.3, -0.25) is 9.69 Å². The van der Waals surface area contributed by atoms with E-state index in [1.165, 1.54) is 5.69 Å². The predicted octanol–water partition coefficient (Wildman–Crippen LogP) is 2.88. The molecular weight excluding hydrogens is 532 g/mol. The Kier molecular flexibility index (Phi) is 6.90. The molecule has 0 spiro atoms. The Hall–Kier alpha value is -4.94. The number of pyridine rings is 1. The van der Waals surface area contributed by atoms with Crippen molar-refractivity contribution in [1.29, 1.82) is 0 Å². The van der Waals surface area contributed by atoms with Crippen LogP contribution in [0.2, 0.25) is 0 Å². The van der Waals surface area contributed by atoms with Crippen molar-refractivity contribution >= 4 is 28.4 Å². The monoisotopic (exact) mass is 562 g/mol. The highest BCUT2D eigenvalue weighted by molar-refractivity contribution is 5.77. The maximum atomic E-state index is 13.3. The molecule has 4 aromatic heterocycles. The van der Waals surface area contributed by atoms with Gasteiger partial charge < -0.3 is 15.0 Å². The lowest BCUT2D eigenvalue weighted by Gasteiger charge is -2.43. The van der Waals surface area contributed by atoms with Gasteiger partial charge in [-0.2, -0.15) is 4.98 Å². The third-order valence-corrected chi connectivity index (χ3v) is 7.66. The lowest BCUT2D eigenvalue weighted by molar-refractivity contribution is -0.0660. The van der Waals surface area contributed by atoms with Crippen LogP contribution < -0.4 is 15.8 Å². The highest BCUT2D eigenvalue weighted by Gasteiger charge is 2.29. The first-order valence-electron chi connectivity index (χ1n) is 14.0. The molecule has 0 atom stereocenters. The summed E-state index contributed by atoms with van der Waals surface area (Å²) in [5, 5.41) is 3.67. The molecule has 1 N–H and O–H groups in total. The van der Waals surface area contributed by atoms with Gasteiger partial charge >= 0.3 is 0 Å². The van der Waals surface area contributed by atoms with Crippen LogP contribution >= 0.6 is 0 Å². The third kappa shape index (κ3) is 4.91. The zero-order chi connectivity index (χ0) is 28.5. The molecular formula is C30H30N10O2. The summed E-state index contributed by atoms with van der Waals surface area (Å²) in [7, 11) is 0. The summed E-state index contributed by atoms with van der Waals surface area (Å²) in [6.07, 6.45) is 6.54. The van der Waals surface area contributed by atoms with Crippen molar-refractivity contribution in [3.63, 3.8) is 0 Å². The molecule has 212 valence electrons. The van der Waals surface area contributed by atoms with E-state index in [1.807, 2.05) is 30.3 Å². The van der Waals surface area contributed by atoms with Gasteiger partial charge in [0.2, 0.25) is 5.95 Å². The van der Waals surface area contributed by atoms with Crippen molar-refractivity contribution in [2.45, 2.75) is 12.6 Å². The Labute approximate surface area is 241 Å². The molecule has 2 aliphatic heterocycles. The molecule has 0 bridgehead atoms. The van der Waals surface area contributed by atoms with E-state index in [4.69, 9.17) is 14.7 Å². The van der Waals surface area contributed by atoms with Gasteiger partial charge in [-0.15, -0.1) is 6.58 Å². The van der Waals surface area contributed by atoms with Crippen LogP contribution in [-0.4, -0.2) is 84.6 Å². The SMILES string of the molecule is C=CCn1c(=O)c2cnc(Nc3ccc(N4CCN(C5COC5)CC4)cc3)nc2n1-c1cccc(-c2ncccn2)n1. The minimum absolute atomic E-state index is 0.228. The van der Waals surface area contributed by atoms with Crippen LogP contribution in [0.15, 0.2) is 84.6 Å². The summed E-state index contributed by atoms with van der Waals surface area (Å²) < 4.78 is 8.59. The fraction of sp³-hybridized carbons (Fsp3) is 0.267. The molecule has 42 heavy (non-hydrogen) atoms. The van der Waals surface area contributed by atoms with Gasteiger partial charge in [-0.1, -0.05) is 12.1 Å². The predicted molar refractivity (Wildman–Crippen MR) is 160 cm³/mol. The normalized spacial score (nSPS) is 16.0. The second-order valence-electron chi connectivity index (χ2n) is 10.3. The fourth-order valence-electron chi connectivity index (χ4n) is 5.37. The van der Waals surface area contributed by atoms with Crippen LogP contribution in [0, 0.1) is 0 Å². The summed E-state index contributed by atoms with van der Waals surface area (Å²) in [6, 6.07) is 16.1. The largest absolute Gasteiger partial charge is 0.378 e. The van der Waals surface area contributed by atoms with E-state index in [-0.39, 0.29) is 12.1 Å². The summed E-state index contributed by atoms with van der Waals surface area (Å²) in [6.45, 7) is 9.89. The van der Waals surface area contributed by atoms with Gasteiger partial charge in [0.15, 0.2) is 17.3 Å². The number of hydrogen-bond acceptors (Lipinski definition) is 10. The van der Waals surface area contributed by atoms with Gasteiger partial charge in [0.25, 0.3) is 5.56 Å². The van der Waals surface area contributed by atoms with Crippen molar-refractivity contribution in [2.24, 2.45) is 0 Å². The van der Waals surface area contributed by atoms with Crippen molar-refractivity contribution in [3.8, 4) is 17.3 Å². The van der Waals surface area contributed by atoms with E-state index in [1.54, 1.807) is 40.1 Å². The van der Waals surface area contributed by atoms with E-state index in [9.17, 15) is 4.79 Å². The lowest BCUT2D eigenvalue weighted by atomic mass is 10.1. The molecule has 7 rings (SSSR count). The molecule has 5 aromatic rings. The van der Waals surface area contributed by atoms with Crippen LogP contribution in [0.1, 0.15) is 0 Å². The van der Waals surface area contributed by atoms with Crippen LogP contribution in [0.3, 0.4) is 0 Å². The molecule has 0 aliphatic carbocycles. The maximum absolute atomic E-state index is 13.3. The van der Waals surface area contributed by atoms with Crippen LogP contribution in [-0.2, 0) is 11.3 Å². The van der Waals surface area contributed by atoms with Crippen molar-refractivity contribution in [3.05, 3.63) is 90.1 Å². The number of anilines is 3. The first-order valence-corrected chi connectivity index (χ1v) is 14.0. The Morgan fingerprint density at radius 2 is 1.74 bits per heavy atom. The second kappa shape index (κ2) is 11.1. The lowest BCUT2D eigenvalue weighted by Crippen LogP contribution is -2.56. The van der Waals surface area contributed by atoms with Gasteiger partial charge in [-0.25, -0.2) is 29.3 Å². The Bertz CT molecular complexity index is 1770. The van der Waals surface area contributed by atoms with E-state index < -0.39 is 0 Å². The molecule has 6 heterocycles. The number of benzene rings is 1. The van der Waals surface area contributed by atoms with E-state index in [0.29, 0.717) is 40.4 Å². The van der Waals surface area contributed by atoms with Gasteiger partial charge in [0.05, 0.1) is 25.8 Å². The summed E-state index contributed by atoms with van der Waals surface area (Å²) in [4.78, 5) is 40.8. The van der Waals surface area contributed by atoms with Crippen molar-refractivity contribution in [1.82, 2.24) is 39.2 Å². The van der Waals surface area contributed by atoms with Gasteiger partial charge in [0.1, 0.15) is 11.1 Å². The molecule has 2 fully saturated rings. The number of fused-ring (bicyclic) bond motifs is 1. The standard InChI is InChI=1S/C30H30N10O2/c1-2-13-39-29(41)24-18-33-30(36-28(24)40(39)26-6-3-5-25(35-26)27-31-11-4-12-32-27)34-21-7-9-22(10-8-21)37-14-16-38(17-15-37)23-19-42-20-23/h2-12,18,23H,1,13-17,19-20H2,(H,33,34,36). The zero-order valence-electron chi connectivity index (χ0n) is 23.0. The number of allylic oxidation sites excluding steroid dienone is 1. The number of hydrogen-bond donors (Lipinski definition) is 1. The second-order valence-corrected chi connectivity index (χ2v) is 10.3. The topological polar surface area (TPSA) is 119 Å². The first-order chi connectivity index (χ1) is 20.7. The van der Waals surface area contributed by atoms with E-state index >= 15 is 0 Å². The Morgan fingerprint density at radius 1 is 0.952 bits per heavy atom. The van der Waals surface area contributed by atoms with Gasteiger partial charge in [0, 0.05) is 56.1 Å². The first kappa shape index (κ1) is 26.0. The average molecular weight is 563 g/mol. The smallest absolute Gasteiger partial charge is 0.278 e. The maximum Gasteiger partial charge on any atom is 0.278 e. The molecule has 0 unspecified atom stereocenters. The number of rotatable bonds is 8. The Morgan fingerprint density at radius 3 is 2.45 bits per heavy atom. The quantitative estimate of drug-likeness (QED) is 0.283. The summed E-state index contributed by atoms with van der Waals surface area (Å²) >= 11 is 0. The average Bonchev–Trinajstić information content (AvgIpc) is 3.28. The van der Waals surface area contributed by atoms with Crippen LogP contribution in [0.5, 0.6) is 0 Å². The molecule has 1 aromatic carbocycles. The number of nitrogens with zero attached hydrogens (tertiary/aromatic N) is 9. The summed E-state index contributed by atoms with van der Waals surface area (Å²) in [5.41, 5.74) is 2.82. The van der Waals surface area contributed by atoms with Crippen LogP contribution in [0.4, 0.5) is 17.3 Å². The molecule has 0 saturated carbocycles.